The van der Waals surface area contributed by atoms with Crippen LogP contribution in [0.2, 0.25) is 15.1 Å². The molecular formula is C19H15Cl3N2O4. The van der Waals surface area contributed by atoms with Gasteiger partial charge in [0.1, 0.15) is 28.5 Å². The van der Waals surface area contributed by atoms with Gasteiger partial charge in [-0.1, -0.05) is 46.0 Å². The number of nitrogens with zero attached hydrogens (tertiary/aromatic N) is 1. The standard InChI is InChI=1S/C19H15Cl3N2O4/c1-9-16(18(24-28-9)17-10(20)5-4-6-11(17)21)19(25)23-13-8-14(26-2)12(22)7-15(13)27-3/h4-8H,1-3H3,(H,23,25). The van der Waals surface area contributed by atoms with Crippen molar-refractivity contribution in [3.05, 3.63) is 56.7 Å². The van der Waals surface area contributed by atoms with Crippen LogP contribution in [0.15, 0.2) is 34.9 Å². The first-order valence-corrected chi connectivity index (χ1v) is 9.14. The zero-order valence-corrected chi connectivity index (χ0v) is 17.4. The number of benzene rings is 2. The maximum absolute atomic E-state index is 13.0. The number of ether oxygens (including phenoxy) is 2. The number of nitrogens with one attached hydrogen (secondary N) is 1. The Kier molecular flexibility index (Phi) is 6.03. The lowest BCUT2D eigenvalue weighted by atomic mass is 10.1. The molecule has 0 atom stereocenters. The van der Waals surface area contributed by atoms with E-state index in [4.69, 9.17) is 48.8 Å². The number of aromatic nitrogens is 1. The summed E-state index contributed by atoms with van der Waals surface area (Å²) in [6.45, 7) is 1.62. The molecule has 0 saturated heterocycles. The Morgan fingerprint density at radius 1 is 1.04 bits per heavy atom. The Bertz CT molecular complexity index is 1030. The Balaban J connectivity index is 2.05. The molecule has 0 aliphatic heterocycles. The highest BCUT2D eigenvalue weighted by atomic mass is 35.5. The highest BCUT2D eigenvalue weighted by molar-refractivity contribution is 6.39. The summed E-state index contributed by atoms with van der Waals surface area (Å²) < 4.78 is 15.7. The number of carbonyl (C=O) groups excluding carboxylic acids is 1. The van der Waals surface area contributed by atoms with Crippen molar-refractivity contribution >= 4 is 46.4 Å². The SMILES string of the molecule is COc1cc(NC(=O)c2c(-c3c(Cl)cccc3Cl)noc2C)c(OC)cc1Cl. The minimum atomic E-state index is -0.479. The summed E-state index contributed by atoms with van der Waals surface area (Å²) in [5.74, 6) is 0.579. The van der Waals surface area contributed by atoms with Crippen LogP contribution in [-0.2, 0) is 0 Å². The summed E-state index contributed by atoms with van der Waals surface area (Å²) in [5.41, 5.74) is 1.22. The number of hydrogen-bond acceptors (Lipinski definition) is 5. The summed E-state index contributed by atoms with van der Waals surface area (Å²) in [5, 5.41) is 7.79. The second-order valence-electron chi connectivity index (χ2n) is 5.70. The number of rotatable bonds is 5. The molecule has 28 heavy (non-hydrogen) atoms. The van der Waals surface area contributed by atoms with Gasteiger partial charge in [-0.25, -0.2) is 0 Å². The molecular weight excluding hydrogens is 427 g/mol. The predicted octanol–water partition coefficient (Wildman–Crippen LogP) is 5.88. The Hall–Kier alpha value is -2.41. The normalized spacial score (nSPS) is 10.6. The van der Waals surface area contributed by atoms with Crippen molar-refractivity contribution in [1.29, 1.82) is 0 Å². The van der Waals surface area contributed by atoms with Crippen LogP contribution in [0.25, 0.3) is 11.3 Å². The first-order chi connectivity index (χ1) is 13.4. The molecule has 3 rings (SSSR count). The second kappa shape index (κ2) is 8.31. The molecule has 0 aliphatic rings. The molecule has 9 heteroatoms. The van der Waals surface area contributed by atoms with Gasteiger partial charge in [0.2, 0.25) is 0 Å². The minimum absolute atomic E-state index is 0.200. The van der Waals surface area contributed by atoms with Crippen molar-refractivity contribution in [2.75, 3.05) is 19.5 Å². The molecule has 0 unspecified atom stereocenters. The quantitative estimate of drug-likeness (QED) is 0.535. The zero-order chi connectivity index (χ0) is 20.4. The first kappa shape index (κ1) is 20.3. The van der Waals surface area contributed by atoms with Crippen LogP contribution in [0.5, 0.6) is 11.5 Å². The molecule has 1 N–H and O–H groups in total. The van der Waals surface area contributed by atoms with E-state index in [-0.39, 0.29) is 11.3 Å². The number of amides is 1. The zero-order valence-electron chi connectivity index (χ0n) is 15.1. The fourth-order valence-corrected chi connectivity index (χ4v) is 3.48. The van der Waals surface area contributed by atoms with Crippen LogP contribution < -0.4 is 14.8 Å². The molecule has 146 valence electrons. The maximum atomic E-state index is 13.0. The Morgan fingerprint density at radius 2 is 1.68 bits per heavy atom. The van der Waals surface area contributed by atoms with E-state index in [9.17, 15) is 4.79 Å². The van der Waals surface area contributed by atoms with Crippen molar-refractivity contribution in [3.63, 3.8) is 0 Å². The van der Waals surface area contributed by atoms with E-state index in [1.807, 2.05) is 0 Å². The van der Waals surface area contributed by atoms with E-state index in [0.717, 1.165) is 0 Å². The molecule has 0 bridgehead atoms. The number of anilines is 1. The van der Waals surface area contributed by atoms with Crippen LogP contribution in [0.1, 0.15) is 16.1 Å². The van der Waals surface area contributed by atoms with Crippen LogP contribution >= 0.6 is 34.8 Å². The number of hydrogen-bond donors (Lipinski definition) is 1. The van der Waals surface area contributed by atoms with Crippen LogP contribution in [0.3, 0.4) is 0 Å². The van der Waals surface area contributed by atoms with Gasteiger partial charge in [0.15, 0.2) is 0 Å². The van der Waals surface area contributed by atoms with Crippen LogP contribution in [0, 0.1) is 6.92 Å². The van der Waals surface area contributed by atoms with Gasteiger partial charge in [-0.2, -0.15) is 0 Å². The summed E-state index contributed by atoms with van der Waals surface area (Å²) >= 11 is 18.6. The van der Waals surface area contributed by atoms with Crippen LogP contribution in [0.4, 0.5) is 5.69 Å². The maximum Gasteiger partial charge on any atom is 0.261 e. The van der Waals surface area contributed by atoms with Gasteiger partial charge in [0.25, 0.3) is 5.91 Å². The first-order valence-electron chi connectivity index (χ1n) is 8.00. The van der Waals surface area contributed by atoms with Crippen molar-refractivity contribution in [2.45, 2.75) is 6.92 Å². The molecule has 0 aliphatic carbocycles. The fraction of sp³-hybridized carbons (Fsp3) is 0.158. The molecule has 2 aromatic carbocycles. The van der Waals surface area contributed by atoms with Crippen molar-refractivity contribution in [2.24, 2.45) is 0 Å². The predicted molar refractivity (Wildman–Crippen MR) is 109 cm³/mol. The fourth-order valence-electron chi connectivity index (χ4n) is 2.68. The number of aryl methyl sites for hydroxylation is 1. The summed E-state index contributed by atoms with van der Waals surface area (Å²) in [6.07, 6.45) is 0. The van der Waals surface area contributed by atoms with Crippen molar-refractivity contribution in [1.82, 2.24) is 5.16 Å². The third-order valence-electron chi connectivity index (χ3n) is 4.01. The largest absolute Gasteiger partial charge is 0.495 e. The van der Waals surface area contributed by atoms with Gasteiger partial charge in [-0.15, -0.1) is 0 Å². The molecule has 3 aromatic rings. The van der Waals surface area contributed by atoms with E-state index >= 15 is 0 Å². The monoisotopic (exact) mass is 440 g/mol. The van der Waals surface area contributed by atoms with Crippen molar-refractivity contribution in [3.8, 4) is 22.8 Å². The van der Waals surface area contributed by atoms with Gasteiger partial charge < -0.3 is 19.3 Å². The lowest BCUT2D eigenvalue weighted by Gasteiger charge is -2.13. The van der Waals surface area contributed by atoms with Gasteiger partial charge >= 0.3 is 0 Å². The van der Waals surface area contributed by atoms with Crippen molar-refractivity contribution < 1.29 is 18.8 Å². The lowest BCUT2D eigenvalue weighted by molar-refractivity contribution is 0.102. The Morgan fingerprint density at radius 3 is 2.29 bits per heavy atom. The highest BCUT2D eigenvalue weighted by Crippen LogP contribution is 2.39. The molecule has 1 aromatic heterocycles. The minimum Gasteiger partial charge on any atom is -0.495 e. The molecule has 0 saturated carbocycles. The summed E-state index contributed by atoms with van der Waals surface area (Å²) in [7, 11) is 2.94. The van der Waals surface area contributed by atoms with Gasteiger partial charge in [-0.3, -0.25) is 4.79 Å². The Labute approximate surface area is 176 Å². The lowest BCUT2D eigenvalue weighted by Crippen LogP contribution is -2.14. The highest BCUT2D eigenvalue weighted by Gasteiger charge is 2.26. The smallest absolute Gasteiger partial charge is 0.261 e. The second-order valence-corrected chi connectivity index (χ2v) is 6.92. The number of methoxy groups -OCH3 is 2. The third kappa shape index (κ3) is 3.76. The summed E-state index contributed by atoms with van der Waals surface area (Å²) in [4.78, 5) is 13.0. The summed E-state index contributed by atoms with van der Waals surface area (Å²) in [6, 6.07) is 8.11. The van der Waals surface area contributed by atoms with E-state index < -0.39 is 5.91 Å². The van der Waals surface area contributed by atoms with Gasteiger partial charge in [0, 0.05) is 17.7 Å². The molecule has 1 heterocycles. The molecule has 1 amide bonds. The number of halogens is 3. The van der Waals surface area contributed by atoms with E-state index in [1.165, 1.54) is 14.2 Å². The average molecular weight is 442 g/mol. The third-order valence-corrected chi connectivity index (χ3v) is 4.94. The van der Waals surface area contributed by atoms with Gasteiger partial charge in [0.05, 0.1) is 35.0 Å². The van der Waals surface area contributed by atoms with Gasteiger partial charge in [-0.05, 0) is 19.1 Å². The number of carbonyl (C=O) groups is 1. The molecule has 0 radical (unpaired) electrons. The molecule has 0 spiro atoms. The topological polar surface area (TPSA) is 73.6 Å². The van der Waals surface area contributed by atoms with E-state index in [0.29, 0.717) is 43.6 Å². The average Bonchev–Trinajstić information content (AvgIpc) is 3.03. The van der Waals surface area contributed by atoms with Crippen LogP contribution in [-0.4, -0.2) is 25.3 Å². The van der Waals surface area contributed by atoms with E-state index in [2.05, 4.69) is 10.5 Å². The molecule has 0 fully saturated rings. The molecule has 6 nitrogen and oxygen atoms in total. The van der Waals surface area contributed by atoms with E-state index in [1.54, 1.807) is 37.3 Å².